The average molecular weight is 432 g/mol. The Labute approximate surface area is 176 Å². The van der Waals surface area contributed by atoms with Crippen molar-refractivity contribution >= 4 is 52.2 Å². The number of aromatic nitrogens is 3. The molecular weight excluding hydrogens is 419 g/mol. The Bertz CT molecular complexity index is 1190. The number of amides is 1. The first-order valence-electron chi connectivity index (χ1n) is 8.28. The van der Waals surface area contributed by atoms with Crippen molar-refractivity contribution in [3.8, 4) is 11.3 Å². The van der Waals surface area contributed by atoms with Crippen LogP contribution in [0.5, 0.6) is 0 Å². The molecule has 0 aliphatic heterocycles. The highest BCUT2D eigenvalue weighted by atomic mass is 35.5. The zero-order valence-electron chi connectivity index (χ0n) is 14.6. The second kappa shape index (κ2) is 7.43. The number of imidazole rings is 1. The number of halogens is 3. The number of benzene rings is 2. The lowest BCUT2D eigenvalue weighted by molar-refractivity contribution is 0.0988. The second-order valence-corrected chi connectivity index (χ2v) is 7.32. The van der Waals surface area contributed by atoms with Crippen LogP contribution in [0.2, 0.25) is 15.1 Å². The molecule has 0 unspecified atom stereocenters. The topological polar surface area (TPSA) is 50.5 Å². The molecule has 1 amide bonds. The average Bonchev–Trinajstić information content (AvgIpc) is 3.09. The summed E-state index contributed by atoms with van der Waals surface area (Å²) in [5.41, 5.74) is 2.23. The van der Waals surface area contributed by atoms with E-state index in [1.807, 2.05) is 0 Å². The van der Waals surface area contributed by atoms with Gasteiger partial charge in [-0.2, -0.15) is 0 Å². The lowest BCUT2D eigenvalue weighted by atomic mass is 10.1. The van der Waals surface area contributed by atoms with Crippen LogP contribution in [0, 0.1) is 0 Å². The van der Waals surface area contributed by atoms with E-state index in [1.54, 1.807) is 72.4 Å². The van der Waals surface area contributed by atoms with Gasteiger partial charge in [0.05, 0.1) is 10.0 Å². The predicted molar refractivity (Wildman–Crippen MR) is 113 cm³/mol. The third-order valence-electron chi connectivity index (χ3n) is 4.32. The van der Waals surface area contributed by atoms with Crippen molar-refractivity contribution in [3.05, 3.63) is 81.7 Å². The Morgan fingerprint density at radius 2 is 1.79 bits per heavy atom. The van der Waals surface area contributed by atoms with Crippen molar-refractivity contribution in [2.45, 2.75) is 0 Å². The summed E-state index contributed by atoms with van der Waals surface area (Å²) in [7, 11) is 1.69. The van der Waals surface area contributed by atoms with E-state index >= 15 is 0 Å². The van der Waals surface area contributed by atoms with Crippen molar-refractivity contribution < 1.29 is 4.79 Å². The molecular formula is C20H13Cl3N4O. The van der Waals surface area contributed by atoms with Gasteiger partial charge in [-0.3, -0.25) is 9.20 Å². The Balaban J connectivity index is 1.88. The van der Waals surface area contributed by atoms with E-state index in [4.69, 9.17) is 34.8 Å². The van der Waals surface area contributed by atoms with Gasteiger partial charge in [-0.1, -0.05) is 40.9 Å². The van der Waals surface area contributed by atoms with Crippen molar-refractivity contribution in [2.24, 2.45) is 0 Å². The van der Waals surface area contributed by atoms with E-state index in [0.717, 1.165) is 0 Å². The van der Waals surface area contributed by atoms with Gasteiger partial charge in [-0.25, -0.2) is 9.97 Å². The summed E-state index contributed by atoms with van der Waals surface area (Å²) >= 11 is 18.2. The summed E-state index contributed by atoms with van der Waals surface area (Å²) in [5, 5.41) is 1.41. The fraction of sp³-hybridized carbons (Fsp3) is 0.0500. The van der Waals surface area contributed by atoms with Gasteiger partial charge < -0.3 is 4.90 Å². The summed E-state index contributed by atoms with van der Waals surface area (Å²) in [6, 6.07) is 13.9. The standard InChI is InChI=1S/C20H13Cl3N4O/c1-26(14-6-4-13(21)5-7-14)19(28)18-17(12-3-8-15(22)16(23)11-12)25-20-24-9-2-10-27(18)20/h2-11H,1H3. The minimum Gasteiger partial charge on any atom is -0.310 e. The van der Waals surface area contributed by atoms with E-state index in [1.165, 1.54) is 4.90 Å². The summed E-state index contributed by atoms with van der Waals surface area (Å²) in [6.07, 6.45) is 3.37. The van der Waals surface area contributed by atoms with Crippen LogP contribution in [0.1, 0.15) is 10.5 Å². The third kappa shape index (κ3) is 3.33. The molecule has 140 valence electrons. The zero-order valence-corrected chi connectivity index (χ0v) is 16.9. The molecule has 0 aliphatic carbocycles. The normalized spacial score (nSPS) is 11.0. The van der Waals surface area contributed by atoms with Crippen LogP contribution >= 0.6 is 34.8 Å². The third-order valence-corrected chi connectivity index (χ3v) is 5.31. The SMILES string of the molecule is CN(C(=O)c1c(-c2ccc(Cl)c(Cl)c2)nc2ncccn12)c1ccc(Cl)cc1. The summed E-state index contributed by atoms with van der Waals surface area (Å²) in [6.45, 7) is 0. The smallest absolute Gasteiger partial charge is 0.277 e. The molecule has 0 fully saturated rings. The molecule has 28 heavy (non-hydrogen) atoms. The highest BCUT2D eigenvalue weighted by Gasteiger charge is 2.25. The van der Waals surface area contributed by atoms with E-state index in [-0.39, 0.29) is 5.91 Å². The van der Waals surface area contributed by atoms with E-state index in [9.17, 15) is 4.79 Å². The molecule has 8 heteroatoms. The lowest BCUT2D eigenvalue weighted by Gasteiger charge is -2.18. The molecule has 0 saturated heterocycles. The van der Waals surface area contributed by atoms with Crippen LogP contribution in [0.3, 0.4) is 0 Å². The molecule has 0 aliphatic rings. The largest absolute Gasteiger partial charge is 0.310 e. The molecule has 2 heterocycles. The van der Waals surface area contributed by atoms with Crippen molar-refractivity contribution in [1.29, 1.82) is 0 Å². The first-order valence-corrected chi connectivity index (χ1v) is 9.41. The molecule has 0 bridgehead atoms. The molecule has 4 aromatic rings. The Morgan fingerprint density at radius 1 is 1.04 bits per heavy atom. The lowest BCUT2D eigenvalue weighted by Crippen LogP contribution is -2.28. The Morgan fingerprint density at radius 3 is 2.50 bits per heavy atom. The van der Waals surface area contributed by atoms with Crippen molar-refractivity contribution in [3.63, 3.8) is 0 Å². The molecule has 2 aromatic carbocycles. The van der Waals surface area contributed by atoms with Crippen LogP contribution in [-0.4, -0.2) is 27.3 Å². The van der Waals surface area contributed by atoms with Gasteiger partial charge in [0, 0.05) is 35.7 Å². The first-order chi connectivity index (χ1) is 13.5. The highest BCUT2D eigenvalue weighted by molar-refractivity contribution is 6.42. The molecule has 5 nitrogen and oxygen atoms in total. The fourth-order valence-corrected chi connectivity index (χ4v) is 3.30. The number of rotatable bonds is 3. The molecule has 0 N–H and O–H groups in total. The number of fused-ring (bicyclic) bond motifs is 1. The molecule has 0 spiro atoms. The van der Waals surface area contributed by atoms with Crippen LogP contribution in [0.4, 0.5) is 5.69 Å². The van der Waals surface area contributed by atoms with E-state index < -0.39 is 0 Å². The van der Waals surface area contributed by atoms with Gasteiger partial charge in [0.2, 0.25) is 5.78 Å². The summed E-state index contributed by atoms with van der Waals surface area (Å²) < 4.78 is 1.66. The van der Waals surface area contributed by atoms with Gasteiger partial charge in [0.25, 0.3) is 5.91 Å². The zero-order chi connectivity index (χ0) is 19.8. The van der Waals surface area contributed by atoms with Gasteiger partial charge in [-0.05, 0) is 42.5 Å². The van der Waals surface area contributed by atoms with Crippen molar-refractivity contribution in [2.75, 3.05) is 11.9 Å². The van der Waals surface area contributed by atoms with Gasteiger partial charge >= 0.3 is 0 Å². The van der Waals surface area contributed by atoms with Crippen LogP contribution in [0.25, 0.3) is 17.0 Å². The van der Waals surface area contributed by atoms with E-state index in [0.29, 0.717) is 43.5 Å². The molecule has 0 radical (unpaired) electrons. The number of carbonyl (C=O) groups excluding carboxylic acids is 1. The maximum Gasteiger partial charge on any atom is 0.277 e. The minimum absolute atomic E-state index is 0.246. The van der Waals surface area contributed by atoms with Crippen molar-refractivity contribution in [1.82, 2.24) is 14.4 Å². The number of nitrogens with zero attached hydrogens (tertiary/aromatic N) is 4. The molecule has 0 atom stereocenters. The van der Waals surface area contributed by atoms with Gasteiger partial charge in [0.1, 0.15) is 11.4 Å². The van der Waals surface area contributed by atoms with Crippen LogP contribution < -0.4 is 4.90 Å². The molecule has 4 rings (SSSR count). The molecule has 2 aromatic heterocycles. The number of hydrogen-bond donors (Lipinski definition) is 0. The van der Waals surface area contributed by atoms with Gasteiger partial charge in [-0.15, -0.1) is 0 Å². The Kier molecular flexibility index (Phi) is 4.98. The highest BCUT2D eigenvalue weighted by Crippen LogP contribution is 2.31. The monoisotopic (exact) mass is 430 g/mol. The van der Waals surface area contributed by atoms with Crippen LogP contribution in [0.15, 0.2) is 60.9 Å². The predicted octanol–water partition coefficient (Wildman–Crippen LogP) is 5.63. The number of hydrogen-bond acceptors (Lipinski definition) is 3. The Hall–Kier alpha value is -2.60. The summed E-state index contributed by atoms with van der Waals surface area (Å²) in [5.74, 6) is 0.167. The summed E-state index contributed by atoms with van der Waals surface area (Å²) in [4.78, 5) is 23.7. The number of carbonyl (C=O) groups is 1. The quantitative estimate of drug-likeness (QED) is 0.422. The minimum atomic E-state index is -0.246. The van der Waals surface area contributed by atoms with Gasteiger partial charge in [0.15, 0.2) is 0 Å². The fourth-order valence-electron chi connectivity index (χ4n) is 2.88. The first kappa shape index (κ1) is 18.7. The number of anilines is 1. The maximum absolute atomic E-state index is 13.4. The maximum atomic E-state index is 13.4. The molecule has 0 saturated carbocycles. The second-order valence-electron chi connectivity index (χ2n) is 6.07. The van der Waals surface area contributed by atoms with E-state index in [2.05, 4.69) is 9.97 Å². The van der Waals surface area contributed by atoms with Crippen LogP contribution in [-0.2, 0) is 0 Å².